The minimum Gasteiger partial charge on any atom is -0.383 e. The van der Waals surface area contributed by atoms with E-state index < -0.39 is 10.0 Å². The standard InChI is InChI=1S/C8H12N6O2S/c1-14-3-2-10-7(14)5-12-17(15,16)6-4-11-13-8(6)9/h2-4,12H,5H2,1H3,(H3,9,11,13). The number of aryl methyl sites for hydroxylation is 1. The van der Waals surface area contributed by atoms with Crippen LogP contribution in [0.4, 0.5) is 5.82 Å². The zero-order chi connectivity index (χ0) is 12.5. The molecule has 0 aliphatic carbocycles. The Bertz CT molecular complexity index is 614. The molecule has 2 heterocycles. The third kappa shape index (κ3) is 2.29. The van der Waals surface area contributed by atoms with Crippen LogP contribution in [0, 0.1) is 0 Å². The van der Waals surface area contributed by atoms with E-state index in [2.05, 4.69) is 19.9 Å². The number of sulfonamides is 1. The Morgan fingerprint density at radius 3 is 2.88 bits per heavy atom. The fraction of sp³-hybridized carbons (Fsp3) is 0.250. The van der Waals surface area contributed by atoms with E-state index in [4.69, 9.17) is 5.73 Å². The summed E-state index contributed by atoms with van der Waals surface area (Å²) < 4.78 is 27.8. The van der Waals surface area contributed by atoms with Crippen molar-refractivity contribution in [1.82, 2.24) is 24.5 Å². The lowest BCUT2D eigenvalue weighted by atomic mass is 10.6. The van der Waals surface area contributed by atoms with Crippen LogP contribution in [-0.4, -0.2) is 28.2 Å². The van der Waals surface area contributed by atoms with Crippen molar-refractivity contribution < 1.29 is 8.42 Å². The predicted octanol–water partition coefficient (Wildman–Crippen LogP) is -0.796. The van der Waals surface area contributed by atoms with Gasteiger partial charge in [-0.2, -0.15) is 5.10 Å². The number of nitrogens with two attached hydrogens (primary N) is 1. The predicted molar refractivity (Wildman–Crippen MR) is 60.2 cm³/mol. The van der Waals surface area contributed by atoms with Crippen LogP contribution in [0.3, 0.4) is 0 Å². The Kier molecular flexibility index (Phi) is 2.86. The minimum atomic E-state index is -3.66. The number of nitrogens with one attached hydrogen (secondary N) is 2. The fourth-order valence-corrected chi connectivity index (χ4v) is 2.30. The van der Waals surface area contributed by atoms with Gasteiger partial charge < -0.3 is 10.3 Å². The third-order valence-electron chi connectivity index (χ3n) is 2.26. The average Bonchev–Trinajstić information content (AvgIpc) is 2.85. The highest BCUT2D eigenvalue weighted by Crippen LogP contribution is 2.13. The number of aromatic nitrogens is 4. The molecule has 2 aromatic heterocycles. The van der Waals surface area contributed by atoms with Crippen LogP contribution < -0.4 is 10.5 Å². The van der Waals surface area contributed by atoms with Gasteiger partial charge in [-0.05, 0) is 0 Å². The van der Waals surface area contributed by atoms with Crippen LogP contribution in [0.2, 0.25) is 0 Å². The van der Waals surface area contributed by atoms with Crippen LogP contribution >= 0.6 is 0 Å². The first-order valence-corrected chi connectivity index (χ1v) is 6.24. The molecule has 0 saturated carbocycles. The highest BCUT2D eigenvalue weighted by Gasteiger charge is 2.19. The van der Waals surface area contributed by atoms with Gasteiger partial charge in [-0.1, -0.05) is 0 Å². The fourth-order valence-electron chi connectivity index (χ4n) is 1.30. The molecular weight excluding hydrogens is 244 g/mol. The summed E-state index contributed by atoms with van der Waals surface area (Å²) >= 11 is 0. The van der Waals surface area contributed by atoms with Gasteiger partial charge in [0.25, 0.3) is 0 Å². The zero-order valence-electron chi connectivity index (χ0n) is 9.08. The van der Waals surface area contributed by atoms with Crippen molar-refractivity contribution in [1.29, 1.82) is 0 Å². The van der Waals surface area contributed by atoms with Crippen molar-refractivity contribution in [3.05, 3.63) is 24.4 Å². The summed E-state index contributed by atoms with van der Waals surface area (Å²) in [6, 6.07) is 0. The van der Waals surface area contributed by atoms with Gasteiger partial charge in [0.2, 0.25) is 10.0 Å². The van der Waals surface area contributed by atoms with Crippen LogP contribution in [0.15, 0.2) is 23.5 Å². The van der Waals surface area contributed by atoms with Gasteiger partial charge in [-0.15, -0.1) is 0 Å². The number of hydrogen-bond acceptors (Lipinski definition) is 5. The summed E-state index contributed by atoms with van der Waals surface area (Å²) in [5, 5.41) is 5.93. The highest BCUT2D eigenvalue weighted by molar-refractivity contribution is 7.89. The van der Waals surface area contributed by atoms with Gasteiger partial charge in [0.05, 0.1) is 12.7 Å². The molecule has 8 nitrogen and oxygen atoms in total. The normalized spacial score (nSPS) is 11.8. The van der Waals surface area contributed by atoms with Crippen molar-refractivity contribution in [2.75, 3.05) is 5.73 Å². The molecule has 0 radical (unpaired) electrons. The lowest BCUT2D eigenvalue weighted by molar-refractivity contribution is 0.578. The molecule has 4 N–H and O–H groups in total. The van der Waals surface area contributed by atoms with Crippen molar-refractivity contribution >= 4 is 15.8 Å². The summed E-state index contributed by atoms with van der Waals surface area (Å²) in [5.74, 6) is 0.619. The maximum Gasteiger partial charge on any atom is 0.246 e. The van der Waals surface area contributed by atoms with Crippen LogP contribution in [0.5, 0.6) is 0 Å². The van der Waals surface area contributed by atoms with Gasteiger partial charge >= 0.3 is 0 Å². The smallest absolute Gasteiger partial charge is 0.246 e. The number of aromatic amines is 1. The van der Waals surface area contributed by atoms with Gasteiger partial charge in [0.15, 0.2) is 0 Å². The van der Waals surface area contributed by atoms with Crippen molar-refractivity contribution in [3.8, 4) is 0 Å². The largest absolute Gasteiger partial charge is 0.383 e. The minimum absolute atomic E-state index is 0.0114. The summed E-state index contributed by atoms with van der Waals surface area (Å²) in [7, 11) is -1.88. The molecule has 9 heteroatoms. The second-order valence-corrected chi connectivity index (χ2v) is 5.16. The number of anilines is 1. The van der Waals surface area contributed by atoms with Crippen LogP contribution in [0.1, 0.15) is 5.82 Å². The molecule has 92 valence electrons. The lowest BCUT2D eigenvalue weighted by Crippen LogP contribution is -2.25. The average molecular weight is 256 g/mol. The van der Waals surface area contributed by atoms with Crippen LogP contribution in [0.25, 0.3) is 0 Å². The highest BCUT2D eigenvalue weighted by atomic mass is 32.2. The Morgan fingerprint density at radius 2 is 2.35 bits per heavy atom. The second kappa shape index (κ2) is 4.18. The Labute approximate surface area is 97.9 Å². The Balaban J connectivity index is 2.15. The molecule has 0 fully saturated rings. The van der Waals surface area contributed by atoms with Gasteiger partial charge in [0.1, 0.15) is 16.5 Å². The molecule has 0 aliphatic rings. The first-order valence-electron chi connectivity index (χ1n) is 4.75. The zero-order valence-corrected chi connectivity index (χ0v) is 9.90. The molecule has 17 heavy (non-hydrogen) atoms. The molecule has 0 amide bonds. The van der Waals surface area contributed by atoms with Gasteiger partial charge in [0, 0.05) is 19.4 Å². The van der Waals surface area contributed by atoms with Crippen molar-refractivity contribution in [2.24, 2.45) is 7.05 Å². The molecule has 0 unspecified atom stereocenters. The second-order valence-electron chi connectivity index (χ2n) is 3.43. The lowest BCUT2D eigenvalue weighted by Gasteiger charge is -2.05. The van der Waals surface area contributed by atoms with Crippen molar-refractivity contribution in [3.63, 3.8) is 0 Å². The van der Waals surface area contributed by atoms with Gasteiger partial charge in [-0.3, -0.25) is 5.10 Å². The van der Waals surface area contributed by atoms with E-state index in [0.29, 0.717) is 5.82 Å². The Morgan fingerprint density at radius 1 is 1.59 bits per heavy atom. The summed E-state index contributed by atoms with van der Waals surface area (Å²) in [4.78, 5) is 3.94. The Hall–Kier alpha value is -1.87. The summed E-state index contributed by atoms with van der Waals surface area (Å²) in [5.41, 5.74) is 5.45. The molecule has 0 aromatic carbocycles. The van der Waals surface area contributed by atoms with Gasteiger partial charge in [-0.25, -0.2) is 18.1 Å². The van der Waals surface area contributed by atoms with E-state index in [-0.39, 0.29) is 17.3 Å². The third-order valence-corrected chi connectivity index (χ3v) is 3.69. The monoisotopic (exact) mass is 256 g/mol. The SMILES string of the molecule is Cn1ccnc1CNS(=O)(=O)c1cn[nH]c1N. The number of nitrogens with zero attached hydrogens (tertiary/aromatic N) is 3. The van der Waals surface area contributed by atoms with Crippen molar-refractivity contribution in [2.45, 2.75) is 11.4 Å². The maximum absolute atomic E-state index is 11.8. The molecule has 0 atom stereocenters. The quantitative estimate of drug-likeness (QED) is 0.662. The number of imidazole rings is 1. The molecule has 2 rings (SSSR count). The first kappa shape index (κ1) is 11.6. The topological polar surface area (TPSA) is 119 Å². The molecule has 0 spiro atoms. The summed E-state index contributed by atoms with van der Waals surface area (Å²) in [6.07, 6.45) is 4.49. The number of H-pyrrole nitrogens is 1. The van der Waals surface area contributed by atoms with E-state index in [1.807, 2.05) is 0 Å². The number of nitrogen functional groups attached to an aromatic ring is 1. The molecule has 0 bridgehead atoms. The first-order chi connectivity index (χ1) is 8.00. The molecule has 0 aliphatic heterocycles. The van der Waals surface area contributed by atoms with E-state index in [1.54, 1.807) is 24.0 Å². The van der Waals surface area contributed by atoms with E-state index in [1.165, 1.54) is 0 Å². The number of hydrogen-bond donors (Lipinski definition) is 3. The van der Waals surface area contributed by atoms with E-state index in [0.717, 1.165) is 6.20 Å². The molecule has 2 aromatic rings. The van der Waals surface area contributed by atoms with E-state index >= 15 is 0 Å². The van der Waals surface area contributed by atoms with E-state index in [9.17, 15) is 8.42 Å². The molecular formula is C8H12N6O2S. The summed E-state index contributed by atoms with van der Waals surface area (Å²) in [6.45, 7) is 0.0937. The maximum atomic E-state index is 11.8. The number of rotatable bonds is 4. The molecule has 0 saturated heterocycles. The van der Waals surface area contributed by atoms with Crippen LogP contribution in [-0.2, 0) is 23.6 Å².